The second-order valence-electron chi connectivity index (χ2n) is 4.52. The lowest BCUT2D eigenvalue weighted by Crippen LogP contribution is -2.36. The number of rotatable bonds is 0. The number of hydrogen-bond donors (Lipinski definition) is 2. The van der Waals surface area contributed by atoms with E-state index in [4.69, 9.17) is 4.74 Å². The Hall–Kier alpha value is -0.810. The van der Waals surface area contributed by atoms with Crippen LogP contribution in [0.15, 0.2) is 0 Å². The molecule has 0 unspecified atom stereocenters. The Balaban J connectivity index is 2.48. The normalized spacial score (nSPS) is 27.9. The van der Waals surface area contributed by atoms with Crippen molar-refractivity contribution in [3.63, 3.8) is 0 Å². The summed E-state index contributed by atoms with van der Waals surface area (Å²) >= 11 is 0. The number of β-amino-alcohol motifs (C(OH)–C–C–N with tert-alkyl or cyclic N) is 2. The first-order chi connectivity index (χ1) is 6.29. The van der Waals surface area contributed by atoms with Gasteiger partial charge in [-0.25, -0.2) is 4.79 Å². The molecule has 1 aliphatic rings. The first kappa shape index (κ1) is 11.3. The lowest BCUT2D eigenvalue weighted by Gasteiger charge is -2.24. The smallest absolute Gasteiger partial charge is 0.410 e. The summed E-state index contributed by atoms with van der Waals surface area (Å²) in [5, 5.41) is 18.4. The molecule has 82 valence electrons. The van der Waals surface area contributed by atoms with E-state index in [1.807, 2.05) is 0 Å². The Morgan fingerprint density at radius 3 is 2.07 bits per heavy atom. The summed E-state index contributed by atoms with van der Waals surface area (Å²) in [6.07, 6.45) is -2.21. The summed E-state index contributed by atoms with van der Waals surface area (Å²) in [6.45, 7) is 5.58. The highest BCUT2D eigenvalue weighted by Crippen LogP contribution is 2.15. The number of ether oxygens (including phenoxy) is 1. The second kappa shape index (κ2) is 3.74. The molecule has 0 aromatic rings. The topological polar surface area (TPSA) is 70.0 Å². The van der Waals surface area contributed by atoms with Crippen LogP contribution in [-0.2, 0) is 4.74 Å². The van der Waals surface area contributed by atoms with Gasteiger partial charge in [0.2, 0.25) is 0 Å². The second-order valence-corrected chi connectivity index (χ2v) is 4.52. The molecule has 0 aromatic carbocycles. The van der Waals surface area contributed by atoms with E-state index < -0.39 is 23.9 Å². The van der Waals surface area contributed by atoms with Crippen molar-refractivity contribution in [2.24, 2.45) is 0 Å². The standard InChI is InChI=1S/C9H17NO4/c1-9(2,3)14-8(13)10-4-6(11)7(12)5-10/h6-7,11-12H,4-5H2,1-3H3/t6-,7+. The maximum absolute atomic E-state index is 11.4. The van der Waals surface area contributed by atoms with Gasteiger partial charge in [0, 0.05) is 0 Å². The summed E-state index contributed by atoms with van der Waals surface area (Å²) < 4.78 is 5.08. The van der Waals surface area contributed by atoms with Crippen molar-refractivity contribution >= 4 is 6.09 Å². The summed E-state index contributed by atoms with van der Waals surface area (Å²) in [4.78, 5) is 12.7. The Labute approximate surface area is 83.3 Å². The van der Waals surface area contributed by atoms with Gasteiger partial charge < -0.3 is 19.8 Å². The molecule has 5 heteroatoms. The molecule has 1 fully saturated rings. The van der Waals surface area contributed by atoms with Gasteiger partial charge in [-0.05, 0) is 20.8 Å². The predicted octanol–water partition coefficient (Wildman–Crippen LogP) is -0.0411. The van der Waals surface area contributed by atoms with Crippen LogP contribution in [0.2, 0.25) is 0 Å². The van der Waals surface area contributed by atoms with Crippen LogP contribution in [0, 0.1) is 0 Å². The van der Waals surface area contributed by atoms with Crippen LogP contribution >= 0.6 is 0 Å². The lowest BCUT2D eigenvalue weighted by atomic mass is 10.2. The van der Waals surface area contributed by atoms with Gasteiger partial charge in [0.15, 0.2) is 0 Å². The number of aliphatic hydroxyl groups is 2. The number of aliphatic hydroxyl groups excluding tert-OH is 2. The first-order valence-corrected chi connectivity index (χ1v) is 4.63. The molecule has 5 nitrogen and oxygen atoms in total. The number of amides is 1. The van der Waals surface area contributed by atoms with E-state index >= 15 is 0 Å². The van der Waals surface area contributed by atoms with Crippen molar-refractivity contribution in [2.45, 2.75) is 38.6 Å². The quantitative estimate of drug-likeness (QED) is 0.579. The summed E-state index contributed by atoms with van der Waals surface area (Å²) in [5.41, 5.74) is -0.546. The summed E-state index contributed by atoms with van der Waals surface area (Å²) in [7, 11) is 0. The Morgan fingerprint density at radius 1 is 1.29 bits per heavy atom. The number of nitrogens with zero attached hydrogens (tertiary/aromatic N) is 1. The third-order valence-electron chi connectivity index (χ3n) is 1.91. The molecular weight excluding hydrogens is 186 g/mol. The number of carbonyl (C=O) groups is 1. The maximum Gasteiger partial charge on any atom is 0.410 e. The van der Waals surface area contributed by atoms with Crippen molar-refractivity contribution < 1.29 is 19.7 Å². The van der Waals surface area contributed by atoms with E-state index in [0.717, 1.165) is 0 Å². The Kier molecular flexibility index (Phi) is 3.01. The molecular formula is C9H17NO4. The molecule has 0 aromatic heterocycles. The molecule has 0 aliphatic carbocycles. The maximum atomic E-state index is 11.4. The van der Waals surface area contributed by atoms with Crippen LogP contribution in [0.3, 0.4) is 0 Å². The van der Waals surface area contributed by atoms with Gasteiger partial charge in [-0.15, -0.1) is 0 Å². The molecule has 0 spiro atoms. The van der Waals surface area contributed by atoms with Crippen molar-refractivity contribution in [1.29, 1.82) is 0 Å². The fourth-order valence-electron chi connectivity index (χ4n) is 1.25. The summed E-state index contributed by atoms with van der Waals surface area (Å²) in [5.74, 6) is 0. The minimum Gasteiger partial charge on any atom is -0.444 e. The lowest BCUT2D eigenvalue weighted by molar-refractivity contribution is 0.0267. The largest absolute Gasteiger partial charge is 0.444 e. The highest BCUT2D eigenvalue weighted by molar-refractivity contribution is 5.68. The molecule has 14 heavy (non-hydrogen) atoms. The average Bonchev–Trinajstić information content (AvgIpc) is 2.28. The van der Waals surface area contributed by atoms with Gasteiger partial charge in [-0.3, -0.25) is 0 Å². The van der Waals surface area contributed by atoms with Gasteiger partial charge in [0.1, 0.15) is 5.60 Å². The van der Waals surface area contributed by atoms with E-state index in [0.29, 0.717) is 0 Å². The molecule has 1 heterocycles. The van der Waals surface area contributed by atoms with E-state index in [-0.39, 0.29) is 13.1 Å². The van der Waals surface area contributed by atoms with Crippen molar-refractivity contribution in [3.05, 3.63) is 0 Å². The third-order valence-corrected chi connectivity index (χ3v) is 1.91. The fraction of sp³-hybridized carbons (Fsp3) is 0.889. The molecule has 1 saturated heterocycles. The SMILES string of the molecule is CC(C)(C)OC(=O)N1C[C@@H](O)[C@@H](O)C1. The third kappa shape index (κ3) is 2.85. The van der Waals surface area contributed by atoms with Gasteiger partial charge in [-0.1, -0.05) is 0 Å². The monoisotopic (exact) mass is 203 g/mol. The molecule has 1 amide bonds. The average molecular weight is 203 g/mol. The molecule has 0 saturated carbocycles. The van der Waals surface area contributed by atoms with Gasteiger partial charge in [0.05, 0.1) is 25.3 Å². The van der Waals surface area contributed by atoms with Gasteiger partial charge in [-0.2, -0.15) is 0 Å². The number of likely N-dealkylation sites (tertiary alicyclic amines) is 1. The van der Waals surface area contributed by atoms with Crippen LogP contribution in [-0.4, -0.2) is 52.1 Å². The fourth-order valence-corrected chi connectivity index (χ4v) is 1.25. The molecule has 1 rings (SSSR count). The van der Waals surface area contributed by atoms with Gasteiger partial charge >= 0.3 is 6.09 Å². The zero-order chi connectivity index (χ0) is 10.9. The van der Waals surface area contributed by atoms with Crippen LogP contribution in [0.25, 0.3) is 0 Å². The van der Waals surface area contributed by atoms with Crippen molar-refractivity contribution in [1.82, 2.24) is 4.90 Å². The van der Waals surface area contributed by atoms with Crippen LogP contribution in [0.1, 0.15) is 20.8 Å². The van der Waals surface area contributed by atoms with Gasteiger partial charge in [0.25, 0.3) is 0 Å². The van der Waals surface area contributed by atoms with Crippen molar-refractivity contribution in [2.75, 3.05) is 13.1 Å². The number of hydrogen-bond acceptors (Lipinski definition) is 4. The van der Waals surface area contributed by atoms with Crippen LogP contribution in [0.4, 0.5) is 4.79 Å². The zero-order valence-electron chi connectivity index (χ0n) is 8.73. The molecule has 0 bridgehead atoms. The van der Waals surface area contributed by atoms with E-state index in [1.165, 1.54) is 4.90 Å². The highest BCUT2D eigenvalue weighted by Gasteiger charge is 2.34. The van der Waals surface area contributed by atoms with E-state index in [9.17, 15) is 15.0 Å². The Bertz CT molecular complexity index is 213. The molecule has 0 radical (unpaired) electrons. The predicted molar refractivity (Wildman–Crippen MR) is 49.8 cm³/mol. The Morgan fingerprint density at radius 2 is 1.71 bits per heavy atom. The minimum absolute atomic E-state index is 0.135. The van der Waals surface area contributed by atoms with Crippen LogP contribution in [0.5, 0.6) is 0 Å². The van der Waals surface area contributed by atoms with E-state index in [1.54, 1.807) is 20.8 Å². The minimum atomic E-state index is -0.859. The summed E-state index contributed by atoms with van der Waals surface area (Å²) in [6, 6.07) is 0. The van der Waals surface area contributed by atoms with E-state index in [2.05, 4.69) is 0 Å². The molecule has 2 N–H and O–H groups in total. The van der Waals surface area contributed by atoms with Crippen LogP contribution < -0.4 is 0 Å². The first-order valence-electron chi connectivity index (χ1n) is 4.63. The van der Waals surface area contributed by atoms with Crippen molar-refractivity contribution in [3.8, 4) is 0 Å². The zero-order valence-corrected chi connectivity index (χ0v) is 8.73. The highest BCUT2D eigenvalue weighted by atomic mass is 16.6. The number of carbonyl (C=O) groups excluding carboxylic acids is 1. The molecule has 1 aliphatic heterocycles. The molecule has 2 atom stereocenters.